The molecule has 24 heavy (non-hydrogen) atoms. The van der Waals surface area contributed by atoms with Gasteiger partial charge in [-0.3, -0.25) is 14.5 Å². The Kier molecular flexibility index (Phi) is 6.94. The normalized spacial score (nSPS) is 20.3. The number of carbonyl (C=O) groups excluding carboxylic acids is 1. The van der Waals surface area contributed by atoms with Crippen LogP contribution >= 0.6 is 0 Å². The lowest BCUT2D eigenvalue weighted by atomic mass is 9.95. The Morgan fingerprint density at radius 3 is 2.71 bits per heavy atom. The zero-order valence-corrected chi connectivity index (χ0v) is 14.1. The monoisotopic (exact) mass is 327 g/mol. The molecule has 0 bridgehead atoms. The third-order valence-electron chi connectivity index (χ3n) is 4.34. The number of allylic oxidation sites excluding steroid dienone is 3. The van der Waals surface area contributed by atoms with Crippen LogP contribution in [0.3, 0.4) is 0 Å². The fraction of sp³-hybridized carbons (Fsp3) is 0.400. The van der Waals surface area contributed by atoms with E-state index in [1.54, 1.807) is 6.08 Å². The van der Waals surface area contributed by atoms with Gasteiger partial charge in [0.2, 0.25) is 0 Å². The minimum Gasteiger partial charge on any atom is -0.481 e. The van der Waals surface area contributed by atoms with Crippen molar-refractivity contribution in [3.05, 3.63) is 60.2 Å². The number of ketones is 1. The third kappa shape index (κ3) is 5.46. The predicted octanol–water partition coefficient (Wildman–Crippen LogP) is 3.44. The van der Waals surface area contributed by atoms with Crippen LogP contribution in [0, 0.1) is 5.92 Å². The van der Waals surface area contributed by atoms with Gasteiger partial charge in [-0.1, -0.05) is 48.6 Å². The number of benzene rings is 1. The molecule has 0 aliphatic heterocycles. The molecule has 0 fully saturated rings. The number of carboxylic acids is 1. The summed E-state index contributed by atoms with van der Waals surface area (Å²) in [7, 11) is 2.05. The summed E-state index contributed by atoms with van der Waals surface area (Å²) < 4.78 is 0. The summed E-state index contributed by atoms with van der Waals surface area (Å²) >= 11 is 0. The molecule has 2 rings (SSSR count). The van der Waals surface area contributed by atoms with Gasteiger partial charge in [0.25, 0.3) is 0 Å². The highest BCUT2D eigenvalue weighted by Gasteiger charge is 2.31. The first-order valence-electron chi connectivity index (χ1n) is 8.41. The van der Waals surface area contributed by atoms with Crippen molar-refractivity contribution < 1.29 is 14.7 Å². The smallest absolute Gasteiger partial charge is 0.303 e. The van der Waals surface area contributed by atoms with Crippen molar-refractivity contribution in [3.63, 3.8) is 0 Å². The molecular formula is C20H25NO3. The van der Waals surface area contributed by atoms with E-state index < -0.39 is 5.97 Å². The number of aliphatic carboxylic acids is 1. The van der Waals surface area contributed by atoms with Gasteiger partial charge in [-0.2, -0.15) is 0 Å². The molecule has 1 aliphatic carbocycles. The second kappa shape index (κ2) is 9.18. The standard InChI is InChI=1S/C20H25NO3/c1-21(15-16-9-5-4-6-10-16)18-13-14-19(22)17(18)11-7-2-3-8-12-20(23)24/h2,4-7,9-10,13-14,17-18H,3,8,11-12,15H2,1H3,(H,23,24)/t17-,18+/m1/s1. The lowest BCUT2D eigenvalue weighted by molar-refractivity contribution is -0.137. The molecule has 2 atom stereocenters. The number of hydrogen-bond donors (Lipinski definition) is 1. The van der Waals surface area contributed by atoms with Crippen molar-refractivity contribution in [1.82, 2.24) is 4.90 Å². The van der Waals surface area contributed by atoms with Crippen LogP contribution in [-0.4, -0.2) is 34.8 Å². The topological polar surface area (TPSA) is 57.6 Å². The summed E-state index contributed by atoms with van der Waals surface area (Å²) in [5.74, 6) is -0.634. The molecule has 1 aromatic carbocycles. The molecule has 0 spiro atoms. The Balaban J connectivity index is 1.85. The van der Waals surface area contributed by atoms with Gasteiger partial charge in [0.05, 0.1) is 0 Å². The largest absolute Gasteiger partial charge is 0.481 e. The van der Waals surface area contributed by atoms with Crippen LogP contribution in [0.2, 0.25) is 0 Å². The first kappa shape index (κ1) is 18.1. The maximum atomic E-state index is 12.1. The molecule has 0 saturated heterocycles. The van der Waals surface area contributed by atoms with Crippen LogP contribution in [0.25, 0.3) is 0 Å². The van der Waals surface area contributed by atoms with Gasteiger partial charge in [-0.25, -0.2) is 0 Å². The van der Waals surface area contributed by atoms with Gasteiger partial charge >= 0.3 is 5.97 Å². The average molecular weight is 327 g/mol. The third-order valence-corrected chi connectivity index (χ3v) is 4.34. The van der Waals surface area contributed by atoms with Gasteiger partial charge in [-0.15, -0.1) is 0 Å². The van der Waals surface area contributed by atoms with Gasteiger partial charge in [0, 0.05) is 24.9 Å². The Labute approximate surface area is 143 Å². The first-order chi connectivity index (χ1) is 11.6. The Bertz CT molecular complexity index is 607. The predicted molar refractivity (Wildman–Crippen MR) is 94.6 cm³/mol. The highest BCUT2D eigenvalue weighted by Crippen LogP contribution is 2.25. The minimum atomic E-state index is -0.763. The fourth-order valence-electron chi connectivity index (χ4n) is 3.04. The quantitative estimate of drug-likeness (QED) is 0.557. The van der Waals surface area contributed by atoms with E-state index in [-0.39, 0.29) is 24.2 Å². The summed E-state index contributed by atoms with van der Waals surface area (Å²) in [4.78, 5) is 24.8. The van der Waals surface area contributed by atoms with Gasteiger partial charge < -0.3 is 5.11 Å². The second-order valence-electron chi connectivity index (χ2n) is 6.25. The molecule has 1 aliphatic rings. The molecule has 0 unspecified atom stereocenters. The highest BCUT2D eigenvalue weighted by molar-refractivity contribution is 5.95. The van der Waals surface area contributed by atoms with Gasteiger partial charge in [0.1, 0.15) is 0 Å². The molecule has 1 aromatic rings. The van der Waals surface area contributed by atoms with E-state index in [4.69, 9.17) is 5.11 Å². The Hall–Kier alpha value is -2.20. The van der Waals surface area contributed by atoms with Crippen molar-refractivity contribution in [2.24, 2.45) is 5.92 Å². The van der Waals surface area contributed by atoms with Crippen molar-refractivity contribution in [2.45, 2.75) is 38.3 Å². The zero-order valence-electron chi connectivity index (χ0n) is 14.1. The first-order valence-corrected chi connectivity index (χ1v) is 8.41. The fourth-order valence-corrected chi connectivity index (χ4v) is 3.04. The Morgan fingerprint density at radius 2 is 2.00 bits per heavy atom. The summed E-state index contributed by atoms with van der Waals surface area (Å²) in [5, 5.41) is 8.61. The van der Waals surface area contributed by atoms with E-state index >= 15 is 0 Å². The number of carbonyl (C=O) groups is 2. The second-order valence-corrected chi connectivity index (χ2v) is 6.25. The summed E-state index contributed by atoms with van der Waals surface area (Å²) in [6.45, 7) is 0.807. The number of likely N-dealkylation sites (N-methyl/N-ethyl adjacent to an activating group) is 1. The number of rotatable bonds is 9. The van der Waals surface area contributed by atoms with E-state index in [0.29, 0.717) is 12.8 Å². The summed E-state index contributed by atoms with van der Waals surface area (Å²) in [5.41, 5.74) is 1.23. The Morgan fingerprint density at radius 1 is 1.25 bits per heavy atom. The molecule has 0 aromatic heterocycles. The van der Waals surface area contributed by atoms with Crippen molar-refractivity contribution in [2.75, 3.05) is 7.05 Å². The van der Waals surface area contributed by atoms with E-state index in [2.05, 4.69) is 17.0 Å². The average Bonchev–Trinajstić information content (AvgIpc) is 2.92. The minimum absolute atomic E-state index is 0.0468. The molecule has 4 nitrogen and oxygen atoms in total. The van der Waals surface area contributed by atoms with Crippen LogP contribution in [0.5, 0.6) is 0 Å². The molecule has 128 valence electrons. The van der Waals surface area contributed by atoms with Crippen molar-refractivity contribution >= 4 is 11.8 Å². The van der Waals surface area contributed by atoms with E-state index in [1.165, 1.54) is 5.56 Å². The maximum Gasteiger partial charge on any atom is 0.303 e. The van der Waals surface area contributed by atoms with Crippen LogP contribution < -0.4 is 0 Å². The molecular weight excluding hydrogens is 302 g/mol. The molecule has 4 heteroatoms. The van der Waals surface area contributed by atoms with Crippen molar-refractivity contribution in [1.29, 1.82) is 0 Å². The van der Waals surface area contributed by atoms with Gasteiger partial charge in [0.15, 0.2) is 5.78 Å². The SMILES string of the molecule is CN(Cc1ccccc1)[C@H]1C=CC(=O)[C@@H]1CC=CCCCC(=O)O. The van der Waals surface area contributed by atoms with Crippen LogP contribution in [0.15, 0.2) is 54.6 Å². The zero-order chi connectivity index (χ0) is 17.4. The summed E-state index contributed by atoms with van der Waals surface area (Å²) in [6, 6.07) is 10.3. The number of unbranched alkanes of at least 4 members (excludes halogenated alkanes) is 1. The van der Waals surface area contributed by atoms with Crippen LogP contribution in [0.4, 0.5) is 0 Å². The molecule has 0 radical (unpaired) electrons. The molecule has 0 saturated carbocycles. The van der Waals surface area contributed by atoms with E-state index in [0.717, 1.165) is 13.0 Å². The number of nitrogens with zero attached hydrogens (tertiary/aromatic N) is 1. The number of hydrogen-bond acceptors (Lipinski definition) is 3. The van der Waals surface area contributed by atoms with Crippen LogP contribution in [-0.2, 0) is 16.1 Å². The maximum absolute atomic E-state index is 12.1. The van der Waals surface area contributed by atoms with E-state index in [1.807, 2.05) is 43.5 Å². The van der Waals surface area contributed by atoms with Crippen LogP contribution in [0.1, 0.15) is 31.2 Å². The lowest BCUT2D eigenvalue weighted by Gasteiger charge is -2.27. The van der Waals surface area contributed by atoms with E-state index in [9.17, 15) is 9.59 Å². The lowest BCUT2D eigenvalue weighted by Crippen LogP contribution is -2.36. The van der Waals surface area contributed by atoms with Gasteiger partial charge in [-0.05, 0) is 37.9 Å². The molecule has 0 heterocycles. The molecule has 0 amide bonds. The van der Waals surface area contributed by atoms with Crippen molar-refractivity contribution in [3.8, 4) is 0 Å². The number of carboxylic acid groups (broad SMARTS) is 1. The summed E-state index contributed by atoms with van der Waals surface area (Å²) in [6.07, 6.45) is 9.96. The highest BCUT2D eigenvalue weighted by atomic mass is 16.4. The molecule has 1 N–H and O–H groups in total.